The number of rotatable bonds is 0. The van der Waals surface area contributed by atoms with Crippen molar-refractivity contribution in [2.45, 2.75) is 6.42 Å². The molecule has 0 bridgehead atoms. The van der Waals surface area contributed by atoms with E-state index < -0.39 is 0 Å². The fourth-order valence-corrected chi connectivity index (χ4v) is 0.287. The van der Waals surface area contributed by atoms with Crippen molar-refractivity contribution in [3.63, 3.8) is 0 Å². The number of hydrogen-bond donors (Lipinski definition) is 0. The van der Waals surface area contributed by atoms with E-state index in [-0.39, 0.29) is 51.4 Å². The summed E-state index contributed by atoms with van der Waals surface area (Å²) in [6, 6.07) is 0. The van der Waals surface area contributed by atoms with Crippen LogP contribution in [0.5, 0.6) is 0 Å². The van der Waals surface area contributed by atoms with Gasteiger partial charge >= 0.3 is 51.4 Å². The molecule has 0 aromatic carbocycles. The van der Waals surface area contributed by atoms with Crippen molar-refractivity contribution in [2.24, 2.45) is 0 Å². The molecule has 2 nitrogen and oxygen atoms in total. The molecule has 0 amide bonds. The van der Waals surface area contributed by atoms with Crippen LogP contribution in [-0.2, 0) is 0 Å². The van der Waals surface area contributed by atoms with E-state index in [1.165, 1.54) is 0 Å². The Bertz CT molecular complexity index is 37.8. The minimum absolute atomic E-state index is 0. The Morgan fingerprint density at radius 1 is 1.33 bits per heavy atom. The molecule has 0 unspecified atom stereocenters. The Morgan fingerprint density at radius 2 is 1.67 bits per heavy atom. The molecule has 0 aromatic heterocycles. The van der Waals surface area contributed by atoms with Gasteiger partial charge in [0, 0.05) is 0 Å². The fourth-order valence-electron chi connectivity index (χ4n) is 0.287. The molecular formula is C3H6KNO. The van der Waals surface area contributed by atoms with E-state index in [4.69, 9.17) is 0 Å². The molecule has 1 aliphatic heterocycles. The second kappa shape index (κ2) is 3.55. The van der Waals surface area contributed by atoms with E-state index in [1.54, 1.807) is 0 Å². The summed E-state index contributed by atoms with van der Waals surface area (Å²) in [6.07, 6.45) is 1.10. The van der Waals surface area contributed by atoms with Gasteiger partial charge in [-0.15, -0.1) is 0 Å². The molecule has 1 aliphatic rings. The molecule has 1 rings (SSSR count). The minimum Gasteiger partial charge on any atom is -0.785 e. The smallest absolute Gasteiger partial charge is 0.785 e. The van der Waals surface area contributed by atoms with Crippen molar-refractivity contribution in [3.05, 3.63) is 5.21 Å². The van der Waals surface area contributed by atoms with Gasteiger partial charge in [0.2, 0.25) is 0 Å². The third-order valence-corrected chi connectivity index (χ3v) is 0.815. The van der Waals surface area contributed by atoms with Crippen molar-refractivity contribution in [3.8, 4) is 0 Å². The van der Waals surface area contributed by atoms with Crippen LogP contribution in [0.4, 0.5) is 0 Å². The van der Waals surface area contributed by atoms with Gasteiger partial charge < -0.3 is 10.3 Å². The van der Waals surface area contributed by atoms with E-state index in [0.29, 0.717) is 0 Å². The van der Waals surface area contributed by atoms with Crippen LogP contribution in [0.15, 0.2) is 0 Å². The molecule has 0 aromatic rings. The SMILES string of the molecule is [K+].[O-]N1CCC1. The molecule has 0 atom stereocenters. The molecule has 30 valence electrons. The van der Waals surface area contributed by atoms with Crippen molar-refractivity contribution < 1.29 is 51.4 Å². The van der Waals surface area contributed by atoms with Crippen molar-refractivity contribution in [1.29, 1.82) is 0 Å². The van der Waals surface area contributed by atoms with Crippen LogP contribution in [0.25, 0.3) is 0 Å². The monoisotopic (exact) mass is 111 g/mol. The molecule has 1 saturated heterocycles. The Hall–Kier alpha value is 1.56. The zero-order chi connectivity index (χ0) is 3.70. The summed E-state index contributed by atoms with van der Waals surface area (Å²) in [6.45, 7) is 1.53. The zero-order valence-electron chi connectivity index (χ0n) is 3.98. The molecule has 6 heavy (non-hydrogen) atoms. The van der Waals surface area contributed by atoms with Gasteiger partial charge in [-0.3, -0.25) is 0 Å². The van der Waals surface area contributed by atoms with Crippen LogP contribution in [0, 0.1) is 5.21 Å². The molecule has 1 heterocycles. The molecule has 0 saturated carbocycles. The minimum atomic E-state index is 0. The third-order valence-electron chi connectivity index (χ3n) is 0.815. The number of nitrogens with zero attached hydrogens (tertiary/aromatic N) is 1. The first-order valence-electron chi connectivity index (χ1n) is 1.82. The Morgan fingerprint density at radius 3 is 1.67 bits per heavy atom. The quantitative estimate of drug-likeness (QED) is 0.315. The summed E-state index contributed by atoms with van der Waals surface area (Å²) < 4.78 is 0. The second-order valence-corrected chi connectivity index (χ2v) is 1.28. The molecule has 0 radical (unpaired) electrons. The topological polar surface area (TPSA) is 26.3 Å². The van der Waals surface area contributed by atoms with Crippen LogP contribution in [0.2, 0.25) is 0 Å². The predicted molar refractivity (Wildman–Crippen MR) is 19.6 cm³/mol. The van der Waals surface area contributed by atoms with Gasteiger partial charge in [-0.25, -0.2) is 0 Å². The number of hydroxylamine groups is 2. The van der Waals surface area contributed by atoms with E-state index >= 15 is 0 Å². The predicted octanol–water partition coefficient (Wildman–Crippen LogP) is -2.81. The average Bonchev–Trinajstić information content (AvgIpc) is 1.30. The molecule has 0 aliphatic carbocycles. The average molecular weight is 111 g/mol. The normalized spacial score (nSPS) is 21.5. The summed E-state index contributed by atoms with van der Waals surface area (Å²) in [7, 11) is 0. The third kappa shape index (κ3) is 2.02. The Balaban J connectivity index is 0.000000250. The standard InChI is InChI=1S/C3H6NO.K/c5-4-2-1-3-4;/h1-3H2;/q-1;+1. The van der Waals surface area contributed by atoms with Crippen LogP contribution in [-0.4, -0.2) is 18.2 Å². The van der Waals surface area contributed by atoms with Gasteiger partial charge in [0.1, 0.15) is 0 Å². The first kappa shape index (κ1) is 7.56. The van der Waals surface area contributed by atoms with Gasteiger partial charge in [-0.2, -0.15) is 0 Å². The summed E-state index contributed by atoms with van der Waals surface area (Å²) in [4.78, 5) is 0. The largest absolute Gasteiger partial charge is 1.00 e. The molecule has 1 fully saturated rings. The maximum Gasteiger partial charge on any atom is 1.00 e. The fraction of sp³-hybridized carbons (Fsp3) is 1.00. The van der Waals surface area contributed by atoms with E-state index in [9.17, 15) is 5.21 Å². The summed E-state index contributed by atoms with van der Waals surface area (Å²) >= 11 is 0. The first-order valence-corrected chi connectivity index (χ1v) is 1.82. The Kier molecular flexibility index (Phi) is 4.46. The number of hydrogen-bond acceptors (Lipinski definition) is 2. The van der Waals surface area contributed by atoms with Gasteiger partial charge in [0.15, 0.2) is 0 Å². The van der Waals surface area contributed by atoms with Crippen LogP contribution < -0.4 is 51.4 Å². The molecular weight excluding hydrogens is 105 g/mol. The Labute approximate surface area is 79.9 Å². The van der Waals surface area contributed by atoms with Crippen LogP contribution in [0.3, 0.4) is 0 Å². The van der Waals surface area contributed by atoms with Gasteiger partial charge in [0.05, 0.1) is 0 Å². The summed E-state index contributed by atoms with van der Waals surface area (Å²) in [5, 5.41) is 10.9. The van der Waals surface area contributed by atoms with E-state index in [0.717, 1.165) is 24.6 Å². The van der Waals surface area contributed by atoms with Crippen LogP contribution >= 0.6 is 0 Å². The van der Waals surface area contributed by atoms with Crippen LogP contribution in [0.1, 0.15) is 6.42 Å². The van der Waals surface area contributed by atoms with Gasteiger partial charge in [0.25, 0.3) is 0 Å². The van der Waals surface area contributed by atoms with Crippen molar-refractivity contribution in [2.75, 3.05) is 13.1 Å². The van der Waals surface area contributed by atoms with Crippen molar-refractivity contribution >= 4 is 0 Å². The van der Waals surface area contributed by atoms with E-state index in [2.05, 4.69) is 0 Å². The second-order valence-electron chi connectivity index (χ2n) is 1.28. The molecule has 0 spiro atoms. The van der Waals surface area contributed by atoms with E-state index in [1.807, 2.05) is 0 Å². The summed E-state index contributed by atoms with van der Waals surface area (Å²) in [5.41, 5.74) is 0. The first-order chi connectivity index (χ1) is 2.39. The van der Waals surface area contributed by atoms with Gasteiger partial charge in [-0.05, 0) is 19.5 Å². The molecule has 3 heteroatoms. The molecule has 0 N–H and O–H groups in total. The summed E-state index contributed by atoms with van der Waals surface area (Å²) in [5.74, 6) is 0. The zero-order valence-corrected chi connectivity index (χ0v) is 7.10. The maximum atomic E-state index is 9.82. The van der Waals surface area contributed by atoms with Gasteiger partial charge in [-0.1, -0.05) is 0 Å². The maximum absolute atomic E-state index is 9.82. The van der Waals surface area contributed by atoms with Crippen molar-refractivity contribution in [1.82, 2.24) is 5.06 Å².